The zero-order chi connectivity index (χ0) is 24.7. The Hall–Kier alpha value is -4.72. The molecule has 8 nitrogen and oxygen atoms in total. The monoisotopic (exact) mass is 476 g/mol. The maximum absolute atomic E-state index is 13.2. The molecule has 3 heterocycles. The van der Waals surface area contributed by atoms with Gasteiger partial charge in [0.15, 0.2) is 11.6 Å². The average molecular weight is 477 g/mol. The van der Waals surface area contributed by atoms with E-state index in [0.717, 1.165) is 22.3 Å². The van der Waals surface area contributed by atoms with E-state index < -0.39 is 0 Å². The number of nitrogens with zero attached hydrogens (tertiary/aromatic N) is 6. The average Bonchev–Trinajstić information content (AvgIpc) is 3.59. The summed E-state index contributed by atoms with van der Waals surface area (Å²) < 4.78 is 3.61. The second-order valence-electron chi connectivity index (χ2n) is 8.61. The van der Waals surface area contributed by atoms with E-state index in [1.807, 2.05) is 47.2 Å². The highest BCUT2D eigenvalue weighted by molar-refractivity contribution is 6.13. The van der Waals surface area contributed by atoms with Crippen LogP contribution in [0.2, 0.25) is 0 Å². The van der Waals surface area contributed by atoms with E-state index in [1.165, 1.54) is 0 Å². The van der Waals surface area contributed by atoms with E-state index in [2.05, 4.69) is 38.5 Å². The molecule has 8 heteroatoms. The van der Waals surface area contributed by atoms with Crippen LogP contribution in [0.1, 0.15) is 49.5 Å². The van der Waals surface area contributed by atoms with Gasteiger partial charge in [-0.05, 0) is 52.9 Å². The van der Waals surface area contributed by atoms with E-state index in [1.54, 1.807) is 41.9 Å². The number of aromatic nitrogens is 6. The van der Waals surface area contributed by atoms with Crippen molar-refractivity contribution in [1.82, 2.24) is 29.5 Å². The molecule has 0 unspecified atom stereocenters. The lowest BCUT2D eigenvalue weighted by atomic mass is 9.96. The third kappa shape index (κ3) is 5.85. The van der Waals surface area contributed by atoms with Gasteiger partial charge in [-0.25, -0.2) is 9.67 Å². The Morgan fingerprint density at radius 3 is 2.39 bits per heavy atom. The predicted octanol–water partition coefficient (Wildman–Crippen LogP) is 4.01. The van der Waals surface area contributed by atoms with Gasteiger partial charge in [0.2, 0.25) is 0 Å². The highest BCUT2D eigenvalue weighted by atomic mass is 16.1. The molecule has 5 rings (SSSR count). The lowest BCUT2D eigenvalue weighted by Crippen LogP contribution is -2.12. The van der Waals surface area contributed by atoms with Crippen LogP contribution >= 0.6 is 0 Å². The first-order valence-electron chi connectivity index (χ1n) is 11.6. The molecule has 0 saturated carbocycles. The van der Waals surface area contributed by atoms with Gasteiger partial charge in [-0.2, -0.15) is 0 Å². The molecule has 0 amide bonds. The summed E-state index contributed by atoms with van der Waals surface area (Å²) in [5, 5.41) is 7.89. The SMILES string of the molecule is O=C(CC(=O)c1cc(Cn2ccnc2)ccn1)c1cc(Cc2ccccc2)cc(Cn2ccnn2)c1. The zero-order valence-corrected chi connectivity index (χ0v) is 19.6. The van der Waals surface area contributed by atoms with Crippen molar-refractivity contribution in [2.24, 2.45) is 0 Å². The molecule has 5 aromatic rings. The third-order valence-corrected chi connectivity index (χ3v) is 5.80. The Bertz CT molecular complexity index is 1460. The van der Waals surface area contributed by atoms with Gasteiger partial charge >= 0.3 is 0 Å². The van der Waals surface area contributed by atoms with E-state index in [-0.39, 0.29) is 23.7 Å². The van der Waals surface area contributed by atoms with Crippen molar-refractivity contribution in [1.29, 1.82) is 0 Å². The van der Waals surface area contributed by atoms with Gasteiger partial charge in [-0.3, -0.25) is 14.6 Å². The van der Waals surface area contributed by atoms with E-state index >= 15 is 0 Å². The van der Waals surface area contributed by atoms with Crippen LogP contribution in [0, 0.1) is 0 Å². The number of hydrogen-bond donors (Lipinski definition) is 0. The minimum Gasteiger partial charge on any atom is -0.333 e. The molecule has 0 N–H and O–H groups in total. The largest absolute Gasteiger partial charge is 0.333 e. The fourth-order valence-corrected chi connectivity index (χ4v) is 4.11. The van der Waals surface area contributed by atoms with Crippen molar-refractivity contribution in [2.45, 2.75) is 25.9 Å². The second kappa shape index (κ2) is 10.7. The van der Waals surface area contributed by atoms with Crippen LogP contribution in [0.5, 0.6) is 0 Å². The van der Waals surface area contributed by atoms with Crippen molar-refractivity contribution in [2.75, 3.05) is 0 Å². The minimum absolute atomic E-state index is 0.239. The number of Topliss-reactive ketones (excluding diaryl/α,β-unsaturated/α-hetero) is 2. The molecule has 0 aliphatic heterocycles. The van der Waals surface area contributed by atoms with E-state index in [9.17, 15) is 9.59 Å². The molecule has 0 bridgehead atoms. The smallest absolute Gasteiger partial charge is 0.188 e. The summed E-state index contributed by atoms with van der Waals surface area (Å²) in [6, 6.07) is 19.4. The summed E-state index contributed by atoms with van der Waals surface area (Å²) in [5.74, 6) is -0.546. The maximum Gasteiger partial charge on any atom is 0.188 e. The summed E-state index contributed by atoms with van der Waals surface area (Å²) in [6.45, 7) is 1.05. The van der Waals surface area contributed by atoms with E-state index in [4.69, 9.17) is 0 Å². The molecule has 178 valence electrons. The van der Waals surface area contributed by atoms with E-state index in [0.29, 0.717) is 25.1 Å². The second-order valence-corrected chi connectivity index (χ2v) is 8.61. The number of ketones is 2. The fourth-order valence-electron chi connectivity index (χ4n) is 4.11. The Balaban J connectivity index is 1.36. The fraction of sp³-hybridized carbons (Fsp3) is 0.143. The van der Waals surface area contributed by atoms with Gasteiger partial charge in [-0.15, -0.1) is 5.10 Å². The number of imidazole rings is 1. The minimum atomic E-state index is -0.307. The molecule has 3 aromatic heterocycles. The quantitative estimate of drug-likeness (QED) is 0.223. The van der Waals surface area contributed by atoms with Crippen LogP contribution < -0.4 is 0 Å². The number of carbonyl (C=O) groups is 2. The van der Waals surface area contributed by atoms with Crippen molar-refractivity contribution in [3.05, 3.63) is 131 Å². The summed E-state index contributed by atoms with van der Waals surface area (Å²) in [4.78, 5) is 34.5. The lowest BCUT2D eigenvalue weighted by molar-refractivity contribution is 0.0891. The van der Waals surface area contributed by atoms with Crippen LogP contribution in [-0.4, -0.2) is 41.1 Å². The highest BCUT2D eigenvalue weighted by Gasteiger charge is 2.17. The first kappa shape index (κ1) is 23.0. The normalized spacial score (nSPS) is 10.9. The van der Waals surface area contributed by atoms with Crippen molar-refractivity contribution in [3.63, 3.8) is 0 Å². The van der Waals surface area contributed by atoms with Gasteiger partial charge in [-0.1, -0.05) is 41.6 Å². The maximum atomic E-state index is 13.2. The number of benzene rings is 2. The molecule has 36 heavy (non-hydrogen) atoms. The third-order valence-electron chi connectivity index (χ3n) is 5.80. The highest BCUT2D eigenvalue weighted by Crippen LogP contribution is 2.18. The summed E-state index contributed by atoms with van der Waals surface area (Å²) in [6.07, 6.45) is 10.7. The lowest BCUT2D eigenvalue weighted by Gasteiger charge is -2.10. The Morgan fingerprint density at radius 2 is 1.61 bits per heavy atom. The standard InChI is InChI=1S/C28H24N6O2/c35-27(17-28(36)26-16-22(6-7-30-26)18-33-10-8-29-20-33)25-14-23(12-21-4-2-1-3-5-21)13-24(15-25)19-34-11-9-31-32-34/h1-11,13-16,20H,12,17-19H2. The summed E-state index contributed by atoms with van der Waals surface area (Å²) in [5.41, 5.74) is 4.76. The Morgan fingerprint density at radius 1 is 0.750 bits per heavy atom. The number of carbonyl (C=O) groups excluding carboxylic acids is 2. The molecule has 0 aliphatic carbocycles. The molecular weight excluding hydrogens is 452 g/mol. The summed E-state index contributed by atoms with van der Waals surface area (Å²) >= 11 is 0. The molecule has 0 aliphatic rings. The van der Waals surface area contributed by atoms with Gasteiger partial charge in [0.25, 0.3) is 0 Å². The number of hydrogen-bond acceptors (Lipinski definition) is 6. The van der Waals surface area contributed by atoms with Crippen molar-refractivity contribution >= 4 is 11.6 Å². The van der Waals surface area contributed by atoms with Crippen molar-refractivity contribution in [3.8, 4) is 0 Å². The Kier molecular flexibility index (Phi) is 6.84. The number of pyridine rings is 1. The van der Waals surface area contributed by atoms with Crippen LogP contribution in [-0.2, 0) is 19.5 Å². The van der Waals surface area contributed by atoms with Gasteiger partial charge in [0.1, 0.15) is 5.69 Å². The van der Waals surface area contributed by atoms with Crippen LogP contribution in [0.4, 0.5) is 0 Å². The molecular formula is C28H24N6O2. The van der Waals surface area contributed by atoms with Gasteiger partial charge < -0.3 is 4.57 Å². The molecule has 2 aromatic carbocycles. The molecule has 0 saturated heterocycles. The molecule has 0 fully saturated rings. The van der Waals surface area contributed by atoms with Crippen LogP contribution in [0.15, 0.2) is 98.0 Å². The molecule has 0 atom stereocenters. The van der Waals surface area contributed by atoms with Gasteiger partial charge in [0, 0.05) is 36.9 Å². The molecule has 0 radical (unpaired) electrons. The predicted molar refractivity (Wildman–Crippen MR) is 134 cm³/mol. The topological polar surface area (TPSA) is 95.6 Å². The Labute approximate surface area is 208 Å². The van der Waals surface area contributed by atoms with Crippen LogP contribution in [0.3, 0.4) is 0 Å². The number of rotatable bonds is 10. The van der Waals surface area contributed by atoms with Crippen LogP contribution in [0.25, 0.3) is 0 Å². The summed E-state index contributed by atoms with van der Waals surface area (Å²) in [7, 11) is 0. The first-order chi connectivity index (χ1) is 17.6. The first-order valence-corrected chi connectivity index (χ1v) is 11.6. The van der Waals surface area contributed by atoms with Crippen molar-refractivity contribution < 1.29 is 9.59 Å². The zero-order valence-electron chi connectivity index (χ0n) is 19.6. The molecule has 0 spiro atoms. The van der Waals surface area contributed by atoms with Gasteiger partial charge in [0.05, 0.1) is 25.5 Å².